The Bertz CT molecular complexity index is 917. The van der Waals surface area contributed by atoms with Crippen molar-refractivity contribution in [3.05, 3.63) is 53.0 Å². The van der Waals surface area contributed by atoms with Crippen LogP contribution in [0.5, 0.6) is 0 Å². The third-order valence-electron chi connectivity index (χ3n) is 4.83. The topological polar surface area (TPSA) is 80.7 Å². The van der Waals surface area contributed by atoms with Gasteiger partial charge in [0.15, 0.2) is 0 Å². The van der Waals surface area contributed by atoms with Gasteiger partial charge in [-0.1, -0.05) is 0 Å². The molecule has 148 valence electrons. The highest BCUT2D eigenvalue weighted by Crippen LogP contribution is 2.35. The summed E-state index contributed by atoms with van der Waals surface area (Å²) in [6.07, 6.45) is -3.25. The van der Waals surface area contributed by atoms with Crippen LogP contribution in [0.4, 0.5) is 18.9 Å². The number of alkyl halides is 3. The molecule has 1 atom stereocenters. The van der Waals surface area contributed by atoms with Crippen LogP contribution in [0.2, 0.25) is 0 Å². The van der Waals surface area contributed by atoms with Crippen LogP contribution < -0.4 is 4.90 Å². The second-order valence-corrected chi connectivity index (χ2v) is 6.51. The zero-order valence-corrected chi connectivity index (χ0v) is 15.0. The lowest BCUT2D eigenvalue weighted by molar-refractivity contribution is -0.137. The summed E-state index contributed by atoms with van der Waals surface area (Å²) in [5.41, 5.74) is -0.808. The van der Waals surface area contributed by atoms with Crippen molar-refractivity contribution < 1.29 is 27.5 Å². The lowest BCUT2D eigenvalue weighted by Crippen LogP contribution is -2.56. The van der Waals surface area contributed by atoms with Crippen molar-refractivity contribution in [3.63, 3.8) is 0 Å². The third kappa shape index (κ3) is 3.68. The minimum Gasteiger partial charge on any atom is -0.469 e. The van der Waals surface area contributed by atoms with E-state index >= 15 is 0 Å². The van der Waals surface area contributed by atoms with Crippen LogP contribution >= 0.6 is 0 Å². The summed E-state index contributed by atoms with van der Waals surface area (Å²) in [5, 5.41) is 18.7. The molecule has 2 heterocycles. The van der Waals surface area contributed by atoms with Gasteiger partial charge in [0.1, 0.15) is 5.76 Å². The van der Waals surface area contributed by atoms with Crippen LogP contribution in [-0.2, 0) is 6.18 Å². The molecule has 0 radical (unpaired) electrons. The molecule has 1 aliphatic rings. The largest absolute Gasteiger partial charge is 0.469 e. The number of aryl methyl sites for hydroxylation is 1. The van der Waals surface area contributed by atoms with E-state index in [1.807, 2.05) is 0 Å². The minimum absolute atomic E-state index is 0.154. The highest BCUT2D eigenvalue weighted by molar-refractivity contribution is 5.95. The molecule has 2 aromatic rings. The fourth-order valence-corrected chi connectivity index (χ4v) is 3.36. The Kier molecular flexibility index (Phi) is 5.34. The van der Waals surface area contributed by atoms with Crippen LogP contribution in [0.1, 0.15) is 27.2 Å². The number of amides is 1. The summed E-state index contributed by atoms with van der Waals surface area (Å²) in [6.45, 7) is 2.01. The van der Waals surface area contributed by atoms with E-state index in [2.05, 4.69) is 0 Å². The number of piperazine rings is 1. The maximum atomic E-state index is 13.2. The number of carbonyl (C=O) groups is 1. The van der Waals surface area contributed by atoms with E-state index in [1.165, 1.54) is 12.3 Å². The molecule has 0 bridgehead atoms. The lowest BCUT2D eigenvalue weighted by Gasteiger charge is -2.42. The normalized spacial score (nSPS) is 17.5. The minimum atomic E-state index is -4.66. The number of halogens is 3. The van der Waals surface area contributed by atoms with Gasteiger partial charge >= 0.3 is 6.18 Å². The third-order valence-corrected chi connectivity index (χ3v) is 4.83. The number of carbonyl (C=O) groups excluding carboxylic acids is 1. The van der Waals surface area contributed by atoms with Gasteiger partial charge in [0, 0.05) is 25.3 Å². The number of aliphatic hydroxyl groups excluding tert-OH is 1. The first-order valence-corrected chi connectivity index (χ1v) is 8.58. The standard InChI is InChI=1S/C19H18F3N3O3/c1-12-16(4-7-28-12)18(27)24-5-6-25(15(10-24)11-26)14-3-2-13(9-23)17(8-14)19(20,21)22/h2-4,7-8,15,26H,5-6,10-11H2,1H3. The smallest absolute Gasteiger partial charge is 0.417 e. The fourth-order valence-electron chi connectivity index (χ4n) is 3.36. The second-order valence-electron chi connectivity index (χ2n) is 6.51. The molecule has 0 saturated carbocycles. The van der Waals surface area contributed by atoms with Crippen LogP contribution in [-0.4, -0.2) is 48.2 Å². The predicted octanol–water partition coefficient (Wildman–Crippen LogP) is 2.80. The fraction of sp³-hybridized carbons (Fsp3) is 0.368. The Labute approximate surface area is 159 Å². The van der Waals surface area contributed by atoms with Crippen LogP contribution in [0, 0.1) is 18.3 Å². The molecule has 1 unspecified atom stereocenters. The molecular formula is C19H18F3N3O3. The van der Waals surface area contributed by atoms with Gasteiger partial charge in [-0.25, -0.2) is 0 Å². The van der Waals surface area contributed by atoms with Gasteiger partial charge in [-0.05, 0) is 31.2 Å². The lowest BCUT2D eigenvalue weighted by atomic mass is 10.0. The summed E-state index contributed by atoms with van der Waals surface area (Å²) < 4.78 is 44.9. The molecule has 1 fully saturated rings. The number of nitriles is 1. The molecule has 1 saturated heterocycles. The average Bonchev–Trinajstić information content (AvgIpc) is 3.11. The highest BCUT2D eigenvalue weighted by Gasteiger charge is 2.36. The first-order chi connectivity index (χ1) is 13.3. The van der Waals surface area contributed by atoms with Crippen molar-refractivity contribution >= 4 is 11.6 Å². The summed E-state index contributed by atoms with van der Waals surface area (Å²) in [5.74, 6) is 0.232. The molecule has 9 heteroatoms. The molecule has 6 nitrogen and oxygen atoms in total. The number of nitrogens with zero attached hydrogens (tertiary/aromatic N) is 3. The van der Waals surface area contributed by atoms with Gasteiger partial charge < -0.3 is 19.3 Å². The summed E-state index contributed by atoms with van der Waals surface area (Å²) >= 11 is 0. The van der Waals surface area contributed by atoms with Crippen molar-refractivity contribution in [2.24, 2.45) is 0 Å². The summed E-state index contributed by atoms with van der Waals surface area (Å²) in [4.78, 5) is 15.8. The number of anilines is 1. The maximum absolute atomic E-state index is 13.2. The van der Waals surface area contributed by atoms with Crippen molar-refractivity contribution in [2.45, 2.75) is 19.1 Å². The second kappa shape index (κ2) is 7.56. The SMILES string of the molecule is Cc1occc1C(=O)N1CCN(c2ccc(C#N)c(C(F)(F)F)c2)C(CO)C1. The zero-order valence-electron chi connectivity index (χ0n) is 15.0. The molecule has 0 spiro atoms. The number of hydrogen-bond acceptors (Lipinski definition) is 5. The molecule has 3 rings (SSSR count). The molecule has 1 amide bonds. The van der Waals surface area contributed by atoms with Crippen LogP contribution in [0.25, 0.3) is 0 Å². The van der Waals surface area contributed by atoms with Crippen molar-refractivity contribution in [1.82, 2.24) is 4.90 Å². The quantitative estimate of drug-likeness (QED) is 0.867. The van der Waals surface area contributed by atoms with E-state index in [0.717, 1.165) is 12.1 Å². The number of rotatable bonds is 3. The van der Waals surface area contributed by atoms with E-state index < -0.39 is 23.3 Å². The van der Waals surface area contributed by atoms with Crippen molar-refractivity contribution in [1.29, 1.82) is 5.26 Å². The molecule has 28 heavy (non-hydrogen) atoms. The van der Waals surface area contributed by atoms with Gasteiger partial charge in [-0.2, -0.15) is 18.4 Å². The Hall–Kier alpha value is -2.99. The zero-order chi connectivity index (χ0) is 20.5. The van der Waals surface area contributed by atoms with Crippen molar-refractivity contribution in [3.8, 4) is 6.07 Å². The Morgan fingerprint density at radius 1 is 1.36 bits per heavy atom. The number of benzene rings is 1. The molecule has 1 N–H and O–H groups in total. The van der Waals surface area contributed by atoms with Crippen molar-refractivity contribution in [2.75, 3.05) is 31.1 Å². The van der Waals surface area contributed by atoms with Gasteiger partial charge in [-0.15, -0.1) is 0 Å². The molecule has 0 aliphatic carbocycles. The monoisotopic (exact) mass is 393 g/mol. The van der Waals surface area contributed by atoms with Gasteiger partial charge in [0.2, 0.25) is 0 Å². The number of hydrogen-bond donors (Lipinski definition) is 1. The van der Waals surface area contributed by atoms with Gasteiger partial charge in [-0.3, -0.25) is 4.79 Å². The van der Waals surface area contributed by atoms with E-state index in [0.29, 0.717) is 11.3 Å². The Balaban J connectivity index is 1.85. The summed E-state index contributed by atoms with van der Waals surface area (Å²) in [6, 6.07) is 6.01. The average molecular weight is 393 g/mol. The Morgan fingerprint density at radius 3 is 2.68 bits per heavy atom. The first kappa shape index (κ1) is 19.8. The summed E-state index contributed by atoms with van der Waals surface area (Å²) in [7, 11) is 0. The predicted molar refractivity (Wildman–Crippen MR) is 93.7 cm³/mol. The van der Waals surface area contributed by atoms with E-state index in [9.17, 15) is 23.1 Å². The van der Waals surface area contributed by atoms with Crippen LogP contribution in [0.15, 0.2) is 34.9 Å². The molecule has 1 aromatic carbocycles. The molecule has 1 aliphatic heterocycles. The van der Waals surface area contributed by atoms with Crippen LogP contribution in [0.3, 0.4) is 0 Å². The van der Waals surface area contributed by atoms with Gasteiger partial charge in [0.05, 0.1) is 41.7 Å². The highest BCUT2D eigenvalue weighted by atomic mass is 19.4. The van der Waals surface area contributed by atoms with E-state index in [4.69, 9.17) is 9.68 Å². The Morgan fingerprint density at radius 2 is 2.11 bits per heavy atom. The van der Waals surface area contributed by atoms with E-state index in [-0.39, 0.29) is 37.8 Å². The number of aliphatic hydroxyl groups is 1. The first-order valence-electron chi connectivity index (χ1n) is 8.58. The van der Waals surface area contributed by atoms with Gasteiger partial charge in [0.25, 0.3) is 5.91 Å². The molecular weight excluding hydrogens is 375 g/mol. The molecule has 1 aromatic heterocycles. The number of furan rings is 1. The van der Waals surface area contributed by atoms with E-state index in [1.54, 1.807) is 28.9 Å². The maximum Gasteiger partial charge on any atom is 0.417 e.